The number of hydrogen-bond acceptors (Lipinski definition) is 6. The minimum atomic E-state index is -0.313. The molecule has 0 bridgehead atoms. The Hall–Kier alpha value is -2.25. The molecule has 2 fully saturated rings. The molecule has 2 unspecified atom stereocenters. The second-order valence-corrected chi connectivity index (χ2v) is 7.19. The number of amides is 1. The molecule has 136 valence electrons. The van der Waals surface area contributed by atoms with Crippen molar-refractivity contribution in [1.82, 2.24) is 19.9 Å². The van der Waals surface area contributed by atoms with Crippen LogP contribution in [0.15, 0.2) is 36.8 Å². The van der Waals surface area contributed by atoms with Crippen molar-refractivity contribution in [3.63, 3.8) is 0 Å². The van der Waals surface area contributed by atoms with E-state index < -0.39 is 0 Å². The van der Waals surface area contributed by atoms with Crippen molar-refractivity contribution in [2.24, 2.45) is 0 Å². The lowest BCUT2D eigenvalue weighted by atomic mass is 9.88. The van der Waals surface area contributed by atoms with Crippen molar-refractivity contribution in [3.8, 4) is 0 Å². The molecule has 0 radical (unpaired) electrons. The van der Waals surface area contributed by atoms with Crippen LogP contribution in [0.1, 0.15) is 29.8 Å². The fourth-order valence-electron chi connectivity index (χ4n) is 3.76. The van der Waals surface area contributed by atoms with E-state index in [1.807, 2.05) is 4.90 Å². The van der Waals surface area contributed by atoms with E-state index in [9.17, 15) is 4.79 Å². The second-order valence-electron chi connectivity index (χ2n) is 6.81. The lowest BCUT2D eigenvalue weighted by Crippen LogP contribution is -2.50. The van der Waals surface area contributed by atoms with E-state index in [1.165, 1.54) is 0 Å². The van der Waals surface area contributed by atoms with Gasteiger partial charge in [0.15, 0.2) is 0 Å². The number of hydrogen-bond donors (Lipinski definition) is 1. The summed E-state index contributed by atoms with van der Waals surface area (Å²) in [5, 5.41) is 3.69. The van der Waals surface area contributed by atoms with Crippen molar-refractivity contribution in [2.75, 3.05) is 25.0 Å². The number of anilines is 1. The first-order valence-electron chi connectivity index (χ1n) is 8.72. The van der Waals surface area contributed by atoms with E-state index in [0.717, 1.165) is 25.1 Å². The van der Waals surface area contributed by atoms with Gasteiger partial charge >= 0.3 is 0 Å². The molecule has 1 N–H and O–H groups in total. The van der Waals surface area contributed by atoms with Crippen molar-refractivity contribution in [1.29, 1.82) is 0 Å². The van der Waals surface area contributed by atoms with Gasteiger partial charge < -0.3 is 15.0 Å². The maximum atomic E-state index is 12.8. The molecule has 1 amide bonds. The maximum absolute atomic E-state index is 12.8. The van der Waals surface area contributed by atoms with Gasteiger partial charge in [-0.05, 0) is 25.0 Å². The molecular formula is C18H20ClN5O2. The number of nitrogens with zero attached hydrogens (tertiary/aromatic N) is 4. The van der Waals surface area contributed by atoms with E-state index in [1.54, 1.807) is 36.8 Å². The molecule has 7 nitrogen and oxygen atoms in total. The van der Waals surface area contributed by atoms with Gasteiger partial charge in [0.05, 0.1) is 31.0 Å². The number of ether oxygens (including phenoxy) is 1. The third kappa shape index (κ3) is 3.64. The number of carbonyl (C=O) groups is 1. The van der Waals surface area contributed by atoms with Gasteiger partial charge in [0.25, 0.3) is 5.91 Å². The molecule has 2 aliphatic rings. The van der Waals surface area contributed by atoms with E-state index in [-0.39, 0.29) is 17.6 Å². The molecule has 2 aromatic heterocycles. The highest BCUT2D eigenvalue weighted by Gasteiger charge is 2.44. The number of halogens is 1. The van der Waals surface area contributed by atoms with Gasteiger partial charge in [0.1, 0.15) is 16.7 Å². The molecule has 4 rings (SSSR count). The molecule has 0 aliphatic carbocycles. The summed E-state index contributed by atoms with van der Waals surface area (Å²) in [7, 11) is 0. The van der Waals surface area contributed by atoms with Crippen LogP contribution in [0.5, 0.6) is 0 Å². The number of rotatable bonds is 3. The fraction of sp³-hybridized carbons (Fsp3) is 0.444. The molecule has 2 saturated heterocycles. The van der Waals surface area contributed by atoms with Crippen LogP contribution in [0.25, 0.3) is 0 Å². The minimum absolute atomic E-state index is 0.0967. The smallest absolute Gasteiger partial charge is 0.272 e. The molecule has 1 spiro atoms. The van der Waals surface area contributed by atoms with Crippen LogP contribution in [0.2, 0.25) is 5.15 Å². The highest BCUT2D eigenvalue weighted by atomic mass is 35.5. The Bertz CT molecular complexity index is 790. The summed E-state index contributed by atoms with van der Waals surface area (Å²) < 4.78 is 6.16. The first-order valence-corrected chi connectivity index (χ1v) is 9.10. The minimum Gasteiger partial charge on any atom is -0.371 e. The number of likely N-dealkylation sites (tertiary alicyclic amines) is 1. The predicted molar refractivity (Wildman–Crippen MR) is 97.1 cm³/mol. The topological polar surface area (TPSA) is 80.2 Å². The SMILES string of the molecule is O=C(c1cccc(Cl)n1)N1CCCC2(CC(Nc3cnccn3)CO2)C1. The highest BCUT2D eigenvalue weighted by molar-refractivity contribution is 6.29. The molecule has 0 aromatic carbocycles. The van der Waals surface area contributed by atoms with Crippen LogP contribution in [0.4, 0.5) is 5.82 Å². The van der Waals surface area contributed by atoms with Crippen molar-refractivity contribution >= 4 is 23.3 Å². The van der Waals surface area contributed by atoms with Crippen LogP contribution in [-0.2, 0) is 4.74 Å². The quantitative estimate of drug-likeness (QED) is 0.832. The molecule has 2 aliphatic heterocycles. The van der Waals surface area contributed by atoms with Gasteiger partial charge in [-0.1, -0.05) is 17.7 Å². The monoisotopic (exact) mass is 373 g/mol. The Labute approximate surface area is 156 Å². The van der Waals surface area contributed by atoms with Gasteiger partial charge in [0.2, 0.25) is 0 Å². The van der Waals surface area contributed by atoms with E-state index >= 15 is 0 Å². The Morgan fingerprint density at radius 3 is 3.12 bits per heavy atom. The van der Waals surface area contributed by atoms with Crippen LogP contribution >= 0.6 is 11.6 Å². The Kier molecular flexibility index (Phi) is 4.74. The van der Waals surface area contributed by atoms with Crippen LogP contribution in [0, 0.1) is 0 Å². The average molecular weight is 374 g/mol. The molecule has 4 heterocycles. The van der Waals surface area contributed by atoms with Crippen molar-refractivity contribution in [3.05, 3.63) is 47.6 Å². The summed E-state index contributed by atoms with van der Waals surface area (Å²) in [4.78, 5) is 27.1. The molecule has 26 heavy (non-hydrogen) atoms. The molecular weight excluding hydrogens is 354 g/mol. The maximum Gasteiger partial charge on any atom is 0.272 e. The number of aromatic nitrogens is 3. The Balaban J connectivity index is 1.42. The normalized spacial score (nSPS) is 25.4. The number of nitrogens with one attached hydrogen (secondary N) is 1. The summed E-state index contributed by atoms with van der Waals surface area (Å²) in [6, 6.07) is 5.27. The van der Waals surface area contributed by atoms with Crippen molar-refractivity contribution in [2.45, 2.75) is 30.9 Å². The lowest BCUT2D eigenvalue weighted by molar-refractivity contribution is -0.0448. The zero-order valence-electron chi connectivity index (χ0n) is 14.3. The third-order valence-corrected chi connectivity index (χ3v) is 5.10. The summed E-state index contributed by atoms with van der Waals surface area (Å²) in [6.45, 7) is 1.87. The summed E-state index contributed by atoms with van der Waals surface area (Å²) >= 11 is 5.92. The number of piperidine rings is 1. The van der Waals surface area contributed by atoms with Crippen LogP contribution < -0.4 is 5.32 Å². The fourth-order valence-corrected chi connectivity index (χ4v) is 3.93. The molecule has 0 saturated carbocycles. The van der Waals surface area contributed by atoms with Crippen LogP contribution in [0.3, 0.4) is 0 Å². The Morgan fingerprint density at radius 2 is 2.31 bits per heavy atom. The molecule has 2 aromatic rings. The first-order chi connectivity index (χ1) is 12.6. The predicted octanol–water partition coefficient (Wildman–Crippen LogP) is 2.40. The summed E-state index contributed by atoms with van der Waals surface area (Å²) in [5.41, 5.74) is 0.0635. The van der Waals surface area contributed by atoms with Gasteiger partial charge in [-0.15, -0.1) is 0 Å². The average Bonchev–Trinajstić information content (AvgIpc) is 3.03. The van der Waals surface area contributed by atoms with Gasteiger partial charge in [-0.2, -0.15) is 0 Å². The van der Waals surface area contributed by atoms with E-state index in [2.05, 4.69) is 20.3 Å². The summed E-state index contributed by atoms with van der Waals surface area (Å²) in [6.07, 6.45) is 7.69. The standard InChI is InChI=1S/C18H20ClN5O2/c19-15-4-1-3-14(23-15)17(25)24-8-2-5-18(12-24)9-13(11-26-18)22-16-10-20-6-7-21-16/h1,3-4,6-7,10,13H,2,5,8-9,11-12H2,(H,21,22). The van der Waals surface area contributed by atoms with E-state index in [4.69, 9.17) is 16.3 Å². The molecule has 2 atom stereocenters. The number of carbonyl (C=O) groups excluding carboxylic acids is 1. The van der Waals surface area contributed by atoms with Gasteiger partial charge in [0, 0.05) is 25.4 Å². The Morgan fingerprint density at radius 1 is 1.38 bits per heavy atom. The lowest BCUT2D eigenvalue weighted by Gasteiger charge is -2.39. The van der Waals surface area contributed by atoms with Gasteiger partial charge in [-0.25, -0.2) is 9.97 Å². The largest absolute Gasteiger partial charge is 0.371 e. The second kappa shape index (κ2) is 7.17. The third-order valence-electron chi connectivity index (χ3n) is 4.89. The van der Waals surface area contributed by atoms with Crippen LogP contribution in [-0.4, -0.2) is 57.1 Å². The van der Waals surface area contributed by atoms with Gasteiger partial charge in [-0.3, -0.25) is 9.78 Å². The van der Waals surface area contributed by atoms with Crippen molar-refractivity contribution < 1.29 is 9.53 Å². The molecule has 8 heteroatoms. The highest BCUT2D eigenvalue weighted by Crippen LogP contribution is 2.36. The van der Waals surface area contributed by atoms with E-state index in [0.29, 0.717) is 30.5 Å². The zero-order chi connectivity index (χ0) is 18.0. The zero-order valence-corrected chi connectivity index (χ0v) is 15.0. The first kappa shape index (κ1) is 17.2. The summed E-state index contributed by atoms with van der Waals surface area (Å²) in [5.74, 6) is 0.644. The number of pyridine rings is 1.